The van der Waals surface area contributed by atoms with Gasteiger partial charge in [0.25, 0.3) is 5.91 Å². The molecular formula is C21H24N2O4. The van der Waals surface area contributed by atoms with E-state index in [-0.39, 0.29) is 11.8 Å². The van der Waals surface area contributed by atoms with E-state index < -0.39 is 6.10 Å². The predicted octanol–water partition coefficient (Wildman–Crippen LogP) is 3.37. The summed E-state index contributed by atoms with van der Waals surface area (Å²) in [5.74, 6) is 0.637. The van der Waals surface area contributed by atoms with Gasteiger partial charge in [-0.2, -0.15) is 0 Å². The maximum absolute atomic E-state index is 12.4. The number of hydrogen-bond donors (Lipinski definition) is 1. The van der Waals surface area contributed by atoms with E-state index in [0.717, 1.165) is 30.0 Å². The average Bonchev–Trinajstić information content (AvgIpc) is 3.12. The Morgan fingerprint density at radius 2 is 2.04 bits per heavy atom. The number of carbonyl (C=O) groups excluding carboxylic acids is 2. The van der Waals surface area contributed by atoms with Crippen molar-refractivity contribution in [1.82, 2.24) is 0 Å². The van der Waals surface area contributed by atoms with Gasteiger partial charge in [0, 0.05) is 24.3 Å². The molecule has 0 radical (unpaired) electrons. The van der Waals surface area contributed by atoms with Gasteiger partial charge < -0.3 is 19.7 Å². The van der Waals surface area contributed by atoms with Crippen molar-refractivity contribution < 1.29 is 19.1 Å². The monoisotopic (exact) mass is 368 g/mol. The topological polar surface area (TPSA) is 67.9 Å². The average molecular weight is 368 g/mol. The Morgan fingerprint density at radius 3 is 2.78 bits per heavy atom. The van der Waals surface area contributed by atoms with Crippen molar-refractivity contribution in [3.63, 3.8) is 0 Å². The van der Waals surface area contributed by atoms with Gasteiger partial charge in [-0.1, -0.05) is 18.2 Å². The minimum Gasteiger partial charge on any atom is -0.497 e. The maximum Gasteiger partial charge on any atom is 0.253 e. The first-order valence-corrected chi connectivity index (χ1v) is 9.02. The van der Waals surface area contributed by atoms with E-state index in [2.05, 4.69) is 5.32 Å². The van der Waals surface area contributed by atoms with Gasteiger partial charge in [-0.3, -0.25) is 9.59 Å². The lowest BCUT2D eigenvalue weighted by molar-refractivity contribution is -0.127. The predicted molar refractivity (Wildman–Crippen MR) is 104 cm³/mol. The molecule has 1 fully saturated rings. The van der Waals surface area contributed by atoms with Crippen molar-refractivity contribution >= 4 is 23.2 Å². The molecule has 0 bridgehead atoms. The number of nitrogens with one attached hydrogen (secondary N) is 1. The lowest BCUT2D eigenvalue weighted by Crippen LogP contribution is -2.28. The molecule has 0 spiro atoms. The van der Waals surface area contributed by atoms with Gasteiger partial charge in [0.15, 0.2) is 0 Å². The molecule has 27 heavy (non-hydrogen) atoms. The van der Waals surface area contributed by atoms with E-state index in [1.54, 1.807) is 25.0 Å². The molecule has 2 aromatic carbocycles. The number of methoxy groups -OCH3 is 1. The van der Waals surface area contributed by atoms with Gasteiger partial charge in [0.1, 0.15) is 11.9 Å². The molecule has 3 rings (SSSR count). The second-order valence-corrected chi connectivity index (χ2v) is 6.49. The lowest BCUT2D eigenvalue weighted by Gasteiger charge is -2.18. The van der Waals surface area contributed by atoms with Crippen LogP contribution in [0.1, 0.15) is 25.3 Å². The molecule has 1 N–H and O–H groups in total. The van der Waals surface area contributed by atoms with Gasteiger partial charge in [-0.15, -0.1) is 0 Å². The number of amides is 2. The van der Waals surface area contributed by atoms with E-state index >= 15 is 0 Å². The van der Waals surface area contributed by atoms with Crippen LogP contribution >= 0.6 is 0 Å². The quantitative estimate of drug-likeness (QED) is 0.814. The second-order valence-electron chi connectivity index (χ2n) is 6.49. The minimum absolute atomic E-state index is 0.119. The first kappa shape index (κ1) is 18.9. The molecular weight excluding hydrogens is 344 g/mol. The Kier molecular flexibility index (Phi) is 6.08. The molecule has 0 aromatic heterocycles. The number of anilines is 2. The van der Waals surface area contributed by atoms with Gasteiger partial charge in [0.05, 0.1) is 13.7 Å². The lowest BCUT2D eigenvalue weighted by atomic mass is 10.2. The van der Waals surface area contributed by atoms with Gasteiger partial charge in [-0.05, 0) is 49.2 Å². The Bertz CT molecular complexity index is 821. The zero-order valence-electron chi connectivity index (χ0n) is 15.6. The number of ether oxygens (including phenoxy) is 2. The van der Waals surface area contributed by atoms with Crippen molar-refractivity contribution in [2.24, 2.45) is 0 Å². The molecule has 0 aliphatic carbocycles. The summed E-state index contributed by atoms with van der Waals surface area (Å²) in [7, 11) is 1.61. The Morgan fingerprint density at radius 1 is 1.22 bits per heavy atom. The third-order valence-corrected chi connectivity index (χ3v) is 4.50. The SMILES string of the molecule is COc1cccc(COC(C)C(=O)Nc2cccc(N3CCCC3=O)c2)c1. The standard InChI is InChI=1S/C21H24N2O4/c1-15(27-14-16-6-3-9-19(12-16)26-2)21(25)22-17-7-4-8-18(13-17)23-11-5-10-20(23)24/h3-4,6-9,12-13,15H,5,10-11,14H2,1-2H3,(H,22,25). The summed E-state index contributed by atoms with van der Waals surface area (Å²) < 4.78 is 10.9. The molecule has 1 aliphatic rings. The van der Waals surface area contributed by atoms with Crippen molar-refractivity contribution in [3.8, 4) is 5.75 Å². The fourth-order valence-corrected chi connectivity index (χ4v) is 2.98. The highest BCUT2D eigenvalue weighted by atomic mass is 16.5. The number of carbonyl (C=O) groups is 2. The van der Waals surface area contributed by atoms with Crippen LogP contribution in [0.4, 0.5) is 11.4 Å². The van der Waals surface area contributed by atoms with E-state index in [0.29, 0.717) is 18.7 Å². The highest BCUT2D eigenvalue weighted by Gasteiger charge is 2.22. The van der Waals surface area contributed by atoms with Crippen LogP contribution < -0.4 is 15.0 Å². The summed E-state index contributed by atoms with van der Waals surface area (Å²) in [6, 6.07) is 14.9. The van der Waals surface area contributed by atoms with Crippen LogP contribution in [-0.2, 0) is 20.9 Å². The Hall–Kier alpha value is -2.86. The van der Waals surface area contributed by atoms with Crippen molar-refractivity contribution in [1.29, 1.82) is 0 Å². The summed E-state index contributed by atoms with van der Waals surface area (Å²) >= 11 is 0. The molecule has 6 heteroatoms. The molecule has 1 aliphatic heterocycles. The van der Waals surface area contributed by atoms with Crippen molar-refractivity contribution in [2.75, 3.05) is 23.9 Å². The first-order valence-electron chi connectivity index (χ1n) is 9.02. The molecule has 1 saturated heterocycles. The summed E-state index contributed by atoms with van der Waals surface area (Å²) in [6.45, 7) is 2.74. The van der Waals surface area contributed by atoms with Crippen LogP contribution in [0, 0.1) is 0 Å². The molecule has 6 nitrogen and oxygen atoms in total. The second kappa shape index (κ2) is 8.68. The van der Waals surface area contributed by atoms with Crippen LogP contribution in [0.3, 0.4) is 0 Å². The first-order chi connectivity index (χ1) is 13.1. The van der Waals surface area contributed by atoms with Crippen LogP contribution in [-0.4, -0.2) is 31.6 Å². The molecule has 1 unspecified atom stereocenters. The van der Waals surface area contributed by atoms with Crippen LogP contribution in [0.15, 0.2) is 48.5 Å². The maximum atomic E-state index is 12.4. The fraction of sp³-hybridized carbons (Fsp3) is 0.333. The minimum atomic E-state index is -0.617. The van der Waals surface area contributed by atoms with Gasteiger partial charge in [-0.25, -0.2) is 0 Å². The van der Waals surface area contributed by atoms with Crippen molar-refractivity contribution in [2.45, 2.75) is 32.5 Å². The van der Waals surface area contributed by atoms with Crippen LogP contribution in [0.5, 0.6) is 5.75 Å². The smallest absolute Gasteiger partial charge is 0.253 e. The van der Waals surface area contributed by atoms with Gasteiger partial charge >= 0.3 is 0 Å². The molecule has 0 saturated carbocycles. The fourth-order valence-electron chi connectivity index (χ4n) is 2.98. The van der Waals surface area contributed by atoms with E-state index in [9.17, 15) is 9.59 Å². The number of nitrogens with zero attached hydrogens (tertiary/aromatic N) is 1. The molecule has 142 valence electrons. The highest BCUT2D eigenvalue weighted by molar-refractivity contribution is 5.97. The molecule has 2 amide bonds. The number of rotatable bonds is 7. The third kappa shape index (κ3) is 4.86. The van der Waals surface area contributed by atoms with Crippen LogP contribution in [0.25, 0.3) is 0 Å². The Balaban J connectivity index is 1.57. The van der Waals surface area contributed by atoms with E-state index in [4.69, 9.17) is 9.47 Å². The number of benzene rings is 2. The third-order valence-electron chi connectivity index (χ3n) is 4.50. The Labute approximate surface area is 159 Å². The summed E-state index contributed by atoms with van der Waals surface area (Å²) in [5, 5.41) is 2.85. The molecule has 1 atom stereocenters. The van der Waals surface area contributed by atoms with Gasteiger partial charge in [0.2, 0.25) is 5.91 Å². The van der Waals surface area contributed by atoms with E-state index in [1.807, 2.05) is 42.5 Å². The largest absolute Gasteiger partial charge is 0.497 e. The van der Waals surface area contributed by atoms with Crippen molar-refractivity contribution in [3.05, 3.63) is 54.1 Å². The number of hydrogen-bond acceptors (Lipinski definition) is 4. The molecule has 2 aromatic rings. The zero-order valence-corrected chi connectivity index (χ0v) is 15.6. The normalized spacial score (nSPS) is 14.9. The van der Waals surface area contributed by atoms with Crippen LogP contribution in [0.2, 0.25) is 0 Å². The summed E-state index contributed by atoms with van der Waals surface area (Å²) in [4.78, 5) is 26.1. The van der Waals surface area contributed by atoms with E-state index in [1.165, 1.54) is 0 Å². The highest BCUT2D eigenvalue weighted by Crippen LogP contribution is 2.24. The summed E-state index contributed by atoms with van der Waals surface area (Å²) in [5.41, 5.74) is 2.39. The zero-order chi connectivity index (χ0) is 19.2. The summed E-state index contributed by atoms with van der Waals surface area (Å²) in [6.07, 6.45) is 0.823. The molecule has 1 heterocycles.